The summed E-state index contributed by atoms with van der Waals surface area (Å²) in [4.78, 5) is 0. The average Bonchev–Trinajstić information content (AvgIpc) is 3.32. The van der Waals surface area contributed by atoms with Crippen LogP contribution in [-0.2, 0) is 11.2 Å². The van der Waals surface area contributed by atoms with Crippen molar-refractivity contribution >= 4 is 0 Å². The molecule has 1 aliphatic heterocycles. The molecule has 1 atom stereocenters. The van der Waals surface area contributed by atoms with Gasteiger partial charge in [0.15, 0.2) is 0 Å². The van der Waals surface area contributed by atoms with Gasteiger partial charge >= 0.3 is 0 Å². The second-order valence-electron chi connectivity index (χ2n) is 6.58. The summed E-state index contributed by atoms with van der Waals surface area (Å²) in [5, 5.41) is 3.70. The van der Waals surface area contributed by atoms with E-state index in [1.54, 1.807) is 0 Å². The zero-order chi connectivity index (χ0) is 12.7. The molecular weight excluding hydrogens is 234 g/mol. The van der Waals surface area contributed by atoms with E-state index in [2.05, 4.69) is 29.6 Å². The van der Waals surface area contributed by atoms with Crippen molar-refractivity contribution in [1.29, 1.82) is 0 Å². The predicted molar refractivity (Wildman–Crippen MR) is 76.1 cm³/mol. The van der Waals surface area contributed by atoms with Crippen LogP contribution in [0.1, 0.15) is 42.9 Å². The van der Waals surface area contributed by atoms with Crippen LogP contribution in [0.5, 0.6) is 0 Å². The third-order valence-electron chi connectivity index (χ3n) is 5.23. The van der Waals surface area contributed by atoms with Gasteiger partial charge in [-0.25, -0.2) is 0 Å². The van der Waals surface area contributed by atoms with Gasteiger partial charge in [0, 0.05) is 13.1 Å². The van der Waals surface area contributed by atoms with Crippen LogP contribution in [0.3, 0.4) is 0 Å². The van der Waals surface area contributed by atoms with Gasteiger partial charge in [0.2, 0.25) is 0 Å². The molecule has 0 radical (unpaired) electrons. The van der Waals surface area contributed by atoms with Crippen LogP contribution in [0.25, 0.3) is 0 Å². The molecule has 2 aliphatic carbocycles. The van der Waals surface area contributed by atoms with Crippen LogP contribution in [0.4, 0.5) is 0 Å². The fourth-order valence-corrected chi connectivity index (χ4v) is 3.68. The smallest absolute Gasteiger partial charge is 0.0952 e. The van der Waals surface area contributed by atoms with Gasteiger partial charge in [0.05, 0.1) is 12.7 Å². The number of rotatable bonds is 5. The lowest BCUT2D eigenvalue weighted by molar-refractivity contribution is 0.0415. The van der Waals surface area contributed by atoms with Crippen LogP contribution >= 0.6 is 0 Å². The first-order valence-corrected chi connectivity index (χ1v) is 7.78. The van der Waals surface area contributed by atoms with Crippen LogP contribution in [0.15, 0.2) is 24.3 Å². The quantitative estimate of drug-likeness (QED) is 0.875. The van der Waals surface area contributed by atoms with Crippen molar-refractivity contribution < 1.29 is 4.74 Å². The molecule has 102 valence electrons. The van der Waals surface area contributed by atoms with E-state index in [1.165, 1.54) is 43.4 Å². The fraction of sp³-hybridized carbons (Fsp3) is 0.647. The van der Waals surface area contributed by atoms with Gasteiger partial charge in [-0.1, -0.05) is 24.3 Å². The van der Waals surface area contributed by atoms with Gasteiger partial charge in [-0.15, -0.1) is 0 Å². The molecule has 1 N–H and O–H groups in total. The van der Waals surface area contributed by atoms with Crippen molar-refractivity contribution in [3.63, 3.8) is 0 Å². The van der Waals surface area contributed by atoms with Gasteiger partial charge in [-0.2, -0.15) is 0 Å². The summed E-state index contributed by atoms with van der Waals surface area (Å²) in [5.41, 5.74) is 3.56. The highest BCUT2D eigenvalue weighted by Gasteiger charge is 2.53. The van der Waals surface area contributed by atoms with E-state index in [9.17, 15) is 0 Å². The Morgan fingerprint density at radius 2 is 2.05 bits per heavy atom. The summed E-state index contributed by atoms with van der Waals surface area (Å²) in [6.07, 6.45) is 7.19. The van der Waals surface area contributed by atoms with Gasteiger partial charge in [-0.3, -0.25) is 0 Å². The van der Waals surface area contributed by atoms with Crippen LogP contribution in [-0.4, -0.2) is 19.7 Å². The lowest BCUT2D eigenvalue weighted by atomic mass is 9.97. The number of nitrogens with one attached hydrogen (secondary N) is 1. The predicted octanol–water partition coefficient (Wildman–Crippen LogP) is 3.08. The Morgan fingerprint density at radius 3 is 2.84 bits per heavy atom. The standard InChI is InChI=1S/C17H23NO/c1-2-4-15-13(3-1)7-10-19-16(15)11-18-12-17(8-9-17)14-5-6-14/h1-4,14,16,18H,5-12H2. The zero-order valence-electron chi connectivity index (χ0n) is 11.5. The second-order valence-corrected chi connectivity index (χ2v) is 6.58. The Morgan fingerprint density at radius 1 is 1.21 bits per heavy atom. The first kappa shape index (κ1) is 11.9. The molecule has 1 unspecified atom stereocenters. The van der Waals surface area contributed by atoms with Crippen molar-refractivity contribution in [2.75, 3.05) is 19.7 Å². The summed E-state index contributed by atoms with van der Waals surface area (Å²) >= 11 is 0. The number of hydrogen-bond donors (Lipinski definition) is 1. The Balaban J connectivity index is 1.36. The highest BCUT2D eigenvalue weighted by molar-refractivity contribution is 5.31. The molecule has 19 heavy (non-hydrogen) atoms. The number of fused-ring (bicyclic) bond motifs is 1. The molecule has 0 spiro atoms. The molecule has 1 aromatic carbocycles. The maximum absolute atomic E-state index is 5.95. The summed E-state index contributed by atoms with van der Waals surface area (Å²) in [7, 11) is 0. The van der Waals surface area contributed by atoms with Crippen molar-refractivity contribution in [1.82, 2.24) is 5.32 Å². The third-order valence-corrected chi connectivity index (χ3v) is 5.23. The van der Waals surface area contributed by atoms with Gasteiger partial charge in [0.1, 0.15) is 0 Å². The molecule has 0 bridgehead atoms. The molecule has 2 saturated carbocycles. The van der Waals surface area contributed by atoms with Crippen LogP contribution in [0, 0.1) is 11.3 Å². The molecule has 4 rings (SSSR count). The minimum Gasteiger partial charge on any atom is -0.372 e. The number of ether oxygens (including phenoxy) is 1. The largest absolute Gasteiger partial charge is 0.372 e. The summed E-state index contributed by atoms with van der Waals surface area (Å²) in [6.45, 7) is 3.06. The zero-order valence-corrected chi connectivity index (χ0v) is 11.5. The van der Waals surface area contributed by atoms with E-state index in [0.29, 0.717) is 5.41 Å². The highest BCUT2D eigenvalue weighted by Crippen LogP contribution is 2.60. The van der Waals surface area contributed by atoms with Gasteiger partial charge in [0.25, 0.3) is 0 Å². The average molecular weight is 257 g/mol. The third kappa shape index (κ3) is 2.32. The fourth-order valence-electron chi connectivity index (χ4n) is 3.68. The van der Waals surface area contributed by atoms with E-state index < -0.39 is 0 Å². The molecule has 2 fully saturated rings. The molecule has 2 heteroatoms. The van der Waals surface area contributed by atoms with Crippen LogP contribution in [0.2, 0.25) is 0 Å². The summed E-state index contributed by atoms with van der Waals surface area (Å²) in [5.74, 6) is 1.04. The Labute approximate surface area is 115 Å². The van der Waals surface area contributed by atoms with E-state index in [4.69, 9.17) is 4.74 Å². The van der Waals surface area contributed by atoms with Crippen molar-refractivity contribution in [2.24, 2.45) is 11.3 Å². The molecule has 2 nitrogen and oxygen atoms in total. The molecule has 0 saturated heterocycles. The summed E-state index contributed by atoms with van der Waals surface area (Å²) < 4.78 is 5.95. The highest BCUT2D eigenvalue weighted by atomic mass is 16.5. The summed E-state index contributed by atoms with van der Waals surface area (Å²) in [6, 6.07) is 8.75. The Bertz CT molecular complexity index is 462. The monoisotopic (exact) mass is 257 g/mol. The van der Waals surface area contributed by atoms with Gasteiger partial charge < -0.3 is 10.1 Å². The first-order valence-electron chi connectivity index (χ1n) is 7.78. The maximum Gasteiger partial charge on any atom is 0.0952 e. The van der Waals surface area contributed by atoms with Crippen LogP contribution < -0.4 is 5.32 Å². The Kier molecular flexibility index (Phi) is 2.89. The normalized spacial score (nSPS) is 27.9. The number of hydrogen-bond acceptors (Lipinski definition) is 2. The van der Waals surface area contributed by atoms with E-state index in [1.807, 2.05) is 0 Å². The molecule has 1 aromatic rings. The van der Waals surface area contributed by atoms with Crippen molar-refractivity contribution in [3.05, 3.63) is 35.4 Å². The SMILES string of the molecule is c1ccc2c(c1)CCOC2CNCC1(C2CC2)CC1. The second kappa shape index (κ2) is 4.60. The van der Waals surface area contributed by atoms with Gasteiger partial charge in [-0.05, 0) is 54.6 Å². The Hall–Kier alpha value is -0.860. The molecule has 0 amide bonds. The first-order chi connectivity index (χ1) is 9.37. The maximum atomic E-state index is 5.95. The lowest BCUT2D eigenvalue weighted by Gasteiger charge is -2.27. The molecule has 3 aliphatic rings. The van der Waals surface area contributed by atoms with Crippen molar-refractivity contribution in [3.8, 4) is 0 Å². The molecule has 1 heterocycles. The number of benzene rings is 1. The van der Waals surface area contributed by atoms with E-state index >= 15 is 0 Å². The lowest BCUT2D eigenvalue weighted by Crippen LogP contribution is -2.32. The minimum atomic E-state index is 0.264. The van der Waals surface area contributed by atoms with E-state index in [0.717, 1.165) is 25.5 Å². The molecular formula is C17H23NO. The molecule has 0 aromatic heterocycles. The topological polar surface area (TPSA) is 21.3 Å². The van der Waals surface area contributed by atoms with E-state index in [-0.39, 0.29) is 6.10 Å². The van der Waals surface area contributed by atoms with Crippen molar-refractivity contribution in [2.45, 2.75) is 38.2 Å². The minimum absolute atomic E-state index is 0.264.